The van der Waals surface area contributed by atoms with E-state index in [1.165, 1.54) is 18.9 Å². The molecule has 0 radical (unpaired) electrons. The minimum absolute atomic E-state index is 0.00211. The Morgan fingerprint density at radius 3 is 2.83 bits per heavy atom. The number of phenols is 1. The molecule has 4 rings (SSSR count). The summed E-state index contributed by atoms with van der Waals surface area (Å²) in [6, 6.07) is 5.08. The largest absolute Gasteiger partial charge is 0.504 e. The molecule has 29 heavy (non-hydrogen) atoms. The average Bonchev–Trinajstić information content (AvgIpc) is 2.87. The first-order chi connectivity index (χ1) is 13.8. The van der Waals surface area contributed by atoms with Crippen molar-refractivity contribution >= 4 is 23.5 Å². The highest BCUT2D eigenvalue weighted by atomic mass is 32.2. The van der Waals surface area contributed by atoms with Gasteiger partial charge in [0.05, 0.1) is 35.3 Å². The minimum Gasteiger partial charge on any atom is -0.504 e. The van der Waals surface area contributed by atoms with Gasteiger partial charge in [-0.2, -0.15) is 0 Å². The zero-order valence-electron chi connectivity index (χ0n) is 16.7. The molecule has 156 valence electrons. The van der Waals surface area contributed by atoms with Crippen LogP contribution in [0.3, 0.4) is 0 Å². The van der Waals surface area contributed by atoms with Crippen LogP contribution in [-0.4, -0.2) is 45.9 Å². The van der Waals surface area contributed by atoms with Crippen molar-refractivity contribution < 1.29 is 19.4 Å². The fraction of sp³-hybridized carbons (Fsp3) is 0.500. The van der Waals surface area contributed by atoms with E-state index in [1.54, 1.807) is 16.8 Å². The number of nitrogens with zero attached hydrogens (tertiary/aromatic N) is 1. The number of fused-ring (bicyclic) bond motifs is 1. The Labute approximate surface area is 172 Å². The molecule has 1 saturated heterocycles. The van der Waals surface area contributed by atoms with Gasteiger partial charge >= 0.3 is 0 Å². The molecule has 3 heterocycles. The van der Waals surface area contributed by atoms with Gasteiger partial charge in [0.15, 0.2) is 11.5 Å². The number of H-pyrrole nitrogens is 1. The number of carbonyl (C=O) groups excluding carboxylic acids is 1. The lowest BCUT2D eigenvalue weighted by atomic mass is 9.94. The molecule has 2 aliphatic heterocycles. The van der Waals surface area contributed by atoms with Crippen LogP contribution in [0, 0.1) is 0 Å². The second-order valence-electron chi connectivity index (χ2n) is 8.00. The summed E-state index contributed by atoms with van der Waals surface area (Å²) in [5.41, 5.74) is 0.692. The number of amides is 1. The Kier molecular flexibility index (Phi) is 5.12. The molecule has 0 saturated carbocycles. The number of anilines is 1. The van der Waals surface area contributed by atoms with Crippen molar-refractivity contribution in [1.82, 2.24) is 9.78 Å². The summed E-state index contributed by atoms with van der Waals surface area (Å²) in [5.74, 6) is 0.921. The zero-order chi connectivity index (χ0) is 20.8. The average molecular weight is 420 g/mol. The zero-order valence-corrected chi connectivity index (χ0v) is 17.5. The molecule has 0 bridgehead atoms. The second kappa shape index (κ2) is 7.46. The number of benzene rings is 1. The fourth-order valence-corrected chi connectivity index (χ4v) is 5.19. The molecular weight excluding hydrogens is 394 g/mol. The van der Waals surface area contributed by atoms with Crippen molar-refractivity contribution in [1.29, 1.82) is 0 Å². The number of methoxy groups -OCH3 is 1. The van der Waals surface area contributed by atoms with Crippen molar-refractivity contribution in [3.63, 3.8) is 0 Å². The summed E-state index contributed by atoms with van der Waals surface area (Å²) in [6.45, 7) is 4.64. The van der Waals surface area contributed by atoms with E-state index in [9.17, 15) is 14.7 Å². The highest BCUT2D eigenvalue weighted by Crippen LogP contribution is 2.43. The number of aromatic amines is 1. The Bertz CT molecular complexity index is 996. The van der Waals surface area contributed by atoms with Crippen molar-refractivity contribution in [3.8, 4) is 11.5 Å². The van der Waals surface area contributed by atoms with Gasteiger partial charge in [0.2, 0.25) is 5.91 Å². The molecule has 2 unspecified atom stereocenters. The topological polar surface area (TPSA) is 106 Å². The number of aromatic nitrogens is 2. The van der Waals surface area contributed by atoms with Crippen molar-refractivity contribution in [2.75, 3.05) is 24.8 Å². The second-order valence-corrected chi connectivity index (χ2v) is 9.09. The molecule has 0 aliphatic carbocycles. The SMILES string of the molecule is COc1ccc(C2SCC(=O)Nc3c2c(=O)[nH]n3C2CCOC(C)(C)C2)cc1O. The minimum atomic E-state index is -0.390. The molecule has 1 aromatic carbocycles. The van der Waals surface area contributed by atoms with E-state index in [-0.39, 0.29) is 34.6 Å². The van der Waals surface area contributed by atoms with Gasteiger partial charge in [-0.1, -0.05) is 6.07 Å². The molecule has 0 spiro atoms. The number of hydrogen-bond donors (Lipinski definition) is 3. The monoisotopic (exact) mass is 419 g/mol. The normalized spacial score (nSPS) is 23.8. The van der Waals surface area contributed by atoms with Gasteiger partial charge in [-0.15, -0.1) is 11.8 Å². The standard InChI is InChI=1S/C20H25N3O5S/c1-20(2)9-12(6-7-28-20)23-18-16(19(26)22-23)17(29-10-15(25)21-18)11-4-5-14(27-3)13(24)8-11/h4-5,8,12,17,24H,6-7,9-10H2,1-3H3,(H,21,25)(H,22,26). The summed E-state index contributed by atoms with van der Waals surface area (Å²) in [5, 5.41) is 15.7. The maximum absolute atomic E-state index is 13.0. The quantitative estimate of drug-likeness (QED) is 0.707. The summed E-state index contributed by atoms with van der Waals surface area (Å²) in [4.78, 5) is 25.4. The number of carbonyl (C=O) groups is 1. The van der Waals surface area contributed by atoms with Crippen molar-refractivity contribution in [3.05, 3.63) is 39.7 Å². The molecule has 8 nitrogen and oxygen atoms in total. The molecule has 1 fully saturated rings. The van der Waals surface area contributed by atoms with Crippen LogP contribution in [0.5, 0.6) is 11.5 Å². The van der Waals surface area contributed by atoms with Crippen LogP contribution in [0.1, 0.15) is 49.1 Å². The first-order valence-corrected chi connectivity index (χ1v) is 10.6. The molecule has 2 aliphatic rings. The van der Waals surface area contributed by atoms with Gasteiger partial charge in [-0.05, 0) is 44.4 Å². The summed E-state index contributed by atoms with van der Waals surface area (Å²) in [6.07, 6.45) is 1.47. The Morgan fingerprint density at radius 1 is 1.34 bits per heavy atom. The van der Waals surface area contributed by atoms with Crippen LogP contribution in [0.2, 0.25) is 0 Å². The van der Waals surface area contributed by atoms with Crippen LogP contribution in [0.25, 0.3) is 0 Å². The number of ether oxygens (including phenoxy) is 2. The number of rotatable bonds is 3. The lowest BCUT2D eigenvalue weighted by Gasteiger charge is -2.36. The lowest BCUT2D eigenvalue weighted by Crippen LogP contribution is -2.36. The van der Waals surface area contributed by atoms with Crippen LogP contribution in [0.4, 0.5) is 5.82 Å². The van der Waals surface area contributed by atoms with E-state index in [0.717, 1.165) is 18.4 Å². The van der Waals surface area contributed by atoms with Crippen molar-refractivity contribution in [2.45, 2.75) is 43.6 Å². The number of aromatic hydroxyl groups is 1. The Hall–Kier alpha value is -2.39. The first-order valence-electron chi connectivity index (χ1n) is 9.56. The van der Waals surface area contributed by atoms with E-state index < -0.39 is 5.25 Å². The molecule has 1 amide bonds. The predicted molar refractivity (Wildman–Crippen MR) is 111 cm³/mol. The maximum atomic E-state index is 13.0. The predicted octanol–water partition coefficient (Wildman–Crippen LogP) is 2.80. The Balaban J connectivity index is 1.79. The number of phenolic OH excluding ortho intramolecular Hbond substituents is 1. The molecule has 2 aromatic rings. The first kappa shape index (κ1) is 19.9. The lowest BCUT2D eigenvalue weighted by molar-refractivity contribution is -0.113. The number of nitrogens with one attached hydrogen (secondary N) is 2. The van der Waals surface area contributed by atoms with Gasteiger partial charge in [-0.3, -0.25) is 19.4 Å². The Morgan fingerprint density at radius 2 is 2.14 bits per heavy atom. The molecular formula is C20H25N3O5S. The van der Waals surface area contributed by atoms with Crippen molar-refractivity contribution in [2.24, 2.45) is 0 Å². The number of hydrogen-bond acceptors (Lipinski definition) is 6. The van der Waals surface area contributed by atoms with Gasteiger partial charge in [-0.25, -0.2) is 0 Å². The van der Waals surface area contributed by atoms with Gasteiger partial charge in [0.1, 0.15) is 5.82 Å². The van der Waals surface area contributed by atoms with Crippen LogP contribution in [0.15, 0.2) is 23.0 Å². The van der Waals surface area contributed by atoms with E-state index >= 15 is 0 Å². The van der Waals surface area contributed by atoms with E-state index in [4.69, 9.17) is 9.47 Å². The van der Waals surface area contributed by atoms with Gasteiger partial charge < -0.3 is 19.9 Å². The summed E-state index contributed by atoms with van der Waals surface area (Å²) < 4.78 is 12.7. The maximum Gasteiger partial charge on any atom is 0.270 e. The van der Waals surface area contributed by atoms with E-state index in [0.29, 0.717) is 23.7 Å². The van der Waals surface area contributed by atoms with Gasteiger partial charge in [0.25, 0.3) is 5.56 Å². The van der Waals surface area contributed by atoms with Crippen LogP contribution >= 0.6 is 11.8 Å². The molecule has 9 heteroatoms. The summed E-state index contributed by atoms with van der Waals surface area (Å²) in [7, 11) is 1.48. The number of thioether (sulfide) groups is 1. The fourth-order valence-electron chi connectivity index (χ4n) is 4.07. The van der Waals surface area contributed by atoms with Crippen LogP contribution in [-0.2, 0) is 9.53 Å². The molecule has 3 N–H and O–H groups in total. The van der Waals surface area contributed by atoms with E-state index in [2.05, 4.69) is 10.4 Å². The highest BCUT2D eigenvalue weighted by Gasteiger charge is 2.36. The summed E-state index contributed by atoms with van der Waals surface area (Å²) >= 11 is 1.36. The molecule has 1 aromatic heterocycles. The van der Waals surface area contributed by atoms with Crippen LogP contribution < -0.4 is 15.6 Å². The third-order valence-electron chi connectivity index (χ3n) is 5.41. The van der Waals surface area contributed by atoms with E-state index in [1.807, 2.05) is 19.9 Å². The smallest absolute Gasteiger partial charge is 0.270 e. The third-order valence-corrected chi connectivity index (χ3v) is 6.68. The van der Waals surface area contributed by atoms with Gasteiger partial charge in [0, 0.05) is 6.61 Å². The third kappa shape index (κ3) is 3.76. The highest BCUT2D eigenvalue weighted by molar-refractivity contribution is 8.00. The molecule has 2 atom stereocenters.